The van der Waals surface area contributed by atoms with Gasteiger partial charge in [0, 0.05) is 12.1 Å². The van der Waals surface area contributed by atoms with Gasteiger partial charge in [-0.15, -0.1) is 0 Å². The predicted molar refractivity (Wildman–Crippen MR) is 71.5 cm³/mol. The van der Waals surface area contributed by atoms with Gasteiger partial charge in [-0.05, 0) is 31.0 Å². The lowest BCUT2D eigenvalue weighted by Crippen LogP contribution is -2.22. The Kier molecular flexibility index (Phi) is 3.23. The fourth-order valence-corrected chi connectivity index (χ4v) is 2.02. The van der Waals surface area contributed by atoms with Crippen LogP contribution in [0, 0.1) is 5.92 Å². The Balaban J connectivity index is 1.82. The molecule has 1 fully saturated rings. The summed E-state index contributed by atoms with van der Waals surface area (Å²) in [5.41, 5.74) is 0.986. The van der Waals surface area contributed by atoms with Crippen molar-refractivity contribution in [2.45, 2.75) is 19.3 Å². The average Bonchev–Trinajstić information content (AvgIpc) is 2.38. The molecular weight excluding hydrogens is 238 g/mol. The number of benzene rings is 1. The third-order valence-corrected chi connectivity index (χ3v) is 3.42. The molecule has 1 aromatic heterocycles. The van der Waals surface area contributed by atoms with Gasteiger partial charge in [0.15, 0.2) is 0 Å². The topological polar surface area (TPSA) is 47.2 Å². The summed E-state index contributed by atoms with van der Waals surface area (Å²) in [5.74, 6) is 0.131. The lowest BCUT2D eigenvalue weighted by molar-refractivity contribution is -0.124. The summed E-state index contributed by atoms with van der Waals surface area (Å²) in [6, 6.07) is 11.7. The highest BCUT2D eigenvalue weighted by Crippen LogP contribution is 2.27. The highest BCUT2D eigenvalue weighted by atomic mass is 16.1. The zero-order chi connectivity index (χ0) is 13.1. The van der Waals surface area contributed by atoms with Crippen LogP contribution < -0.4 is 5.36 Å². The monoisotopic (exact) mass is 253 g/mol. The van der Waals surface area contributed by atoms with E-state index in [1.165, 1.54) is 0 Å². The lowest BCUT2D eigenvalue weighted by atomic mass is 9.85. The van der Waals surface area contributed by atoms with E-state index in [1.807, 2.05) is 42.6 Å². The van der Waals surface area contributed by atoms with E-state index in [9.17, 15) is 4.79 Å². The number of rotatable bonds is 2. The fraction of sp³-hybridized carbons (Fsp3) is 0.267. The van der Waals surface area contributed by atoms with Crippen LogP contribution in [-0.4, -0.2) is 15.7 Å². The van der Waals surface area contributed by atoms with Crippen molar-refractivity contribution in [1.82, 2.24) is 9.78 Å². The van der Waals surface area contributed by atoms with Crippen LogP contribution in [-0.2, 0) is 4.79 Å². The maximum Gasteiger partial charge on any atom is 0.249 e. The lowest BCUT2D eigenvalue weighted by Gasteiger charge is -2.20. The van der Waals surface area contributed by atoms with Gasteiger partial charge >= 0.3 is 0 Å². The van der Waals surface area contributed by atoms with Gasteiger partial charge in [0.05, 0.1) is 17.2 Å². The van der Waals surface area contributed by atoms with E-state index in [0.29, 0.717) is 5.36 Å². The molecule has 1 heterocycles. The molecular formula is C15H15N3O. The molecule has 0 saturated heterocycles. The number of carbonyl (C=O) groups is 1. The smallest absolute Gasteiger partial charge is 0.249 e. The molecule has 1 amide bonds. The molecule has 0 bridgehead atoms. The third-order valence-electron chi connectivity index (χ3n) is 3.42. The van der Waals surface area contributed by atoms with E-state index in [2.05, 4.69) is 10.1 Å². The van der Waals surface area contributed by atoms with E-state index in [0.717, 1.165) is 24.9 Å². The Labute approximate surface area is 111 Å². The van der Waals surface area contributed by atoms with Gasteiger partial charge in [-0.2, -0.15) is 5.10 Å². The summed E-state index contributed by atoms with van der Waals surface area (Å²) in [7, 11) is 0. The Morgan fingerprint density at radius 2 is 2.00 bits per heavy atom. The summed E-state index contributed by atoms with van der Waals surface area (Å²) < 4.78 is 1.76. The molecule has 1 saturated carbocycles. The SMILES string of the molecule is O=C(/N=c1\ccn(-c2ccccc2)nc1)C1CCC1. The van der Waals surface area contributed by atoms with Crippen molar-refractivity contribution in [2.24, 2.45) is 10.9 Å². The van der Waals surface area contributed by atoms with Crippen LogP contribution in [0.1, 0.15) is 19.3 Å². The largest absolute Gasteiger partial charge is 0.272 e. The van der Waals surface area contributed by atoms with E-state index >= 15 is 0 Å². The number of aromatic nitrogens is 2. The Morgan fingerprint density at radius 1 is 1.21 bits per heavy atom. The summed E-state index contributed by atoms with van der Waals surface area (Å²) in [4.78, 5) is 15.8. The van der Waals surface area contributed by atoms with Crippen molar-refractivity contribution in [1.29, 1.82) is 0 Å². The zero-order valence-electron chi connectivity index (χ0n) is 10.6. The summed E-state index contributed by atoms with van der Waals surface area (Å²) in [5, 5.41) is 4.90. The van der Waals surface area contributed by atoms with Crippen LogP contribution >= 0.6 is 0 Å². The van der Waals surface area contributed by atoms with Crippen LogP contribution in [0.4, 0.5) is 0 Å². The van der Waals surface area contributed by atoms with Crippen molar-refractivity contribution in [3.8, 4) is 5.69 Å². The number of para-hydroxylation sites is 1. The number of carbonyl (C=O) groups excluding carboxylic acids is 1. The fourth-order valence-electron chi connectivity index (χ4n) is 2.02. The minimum atomic E-state index is -0.00879. The Bertz CT molecular complexity index is 621. The molecule has 1 aliphatic rings. The molecule has 0 N–H and O–H groups in total. The maximum absolute atomic E-state index is 11.7. The molecule has 0 aliphatic heterocycles. The van der Waals surface area contributed by atoms with Crippen molar-refractivity contribution in [3.05, 3.63) is 54.1 Å². The van der Waals surface area contributed by atoms with Gasteiger partial charge in [0.2, 0.25) is 5.91 Å². The summed E-state index contributed by atoms with van der Waals surface area (Å²) >= 11 is 0. The molecule has 0 radical (unpaired) electrons. The van der Waals surface area contributed by atoms with Gasteiger partial charge in [-0.1, -0.05) is 24.6 Å². The van der Waals surface area contributed by atoms with Crippen molar-refractivity contribution in [2.75, 3.05) is 0 Å². The average molecular weight is 253 g/mol. The van der Waals surface area contributed by atoms with Crippen molar-refractivity contribution < 1.29 is 4.79 Å². The minimum absolute atomic E-state index is 0.00879. The highest BCUT2D eigenvalue weighted by molar-refractivity contribution is 5.80. The molecule has 0 spiro atoms. The van der Waals surface area contributed by atoms with Crippen LogP contribution in [0.15, 0.2) is 53.8 Å². The first kappa shape index (κ1) is 11.8. The molecule has 4 nitrogen and oxygen atoms in total. The van der Waals surface area contributed by atoms with E-state index < -0.39 is 0 Å². The maximum atomic E-state index is 11.7. The van der Waals surface area contributed by atoms with Crippen molar-refractivity contribution in [3.63, 3.8) is 0 Å². The molecule has 3 rings (SSSR count). The third kappa shape index (κ3) is 2.62. The van der Waals surface area contributed by atoms with Gasteiger partial charge in [-0.25, -0.2) is 9.67 Å². The minimum Gasteiger partial charge on any atom is -0.272 e. The van der Waals surface area contributed by atoms with E-state index in [-0.39, 0.29) is 11.8 Å². The second-order valence-corrected chi connectivity index (χ2v) is 4.74. The zero-order valence-corrected chi connectivity index (χ0v) is 10.6. The van der Waals surface area contributed by atoms with Gasteiger partial charge in [0.1, 0.15) is 0 Å². The number of hydrogen-bond donors (Lipinski definition) is 0. The first-order valence-corrected chi connectivity index (χ1v) is 6.52. The standard InChI is InChI=1S/C15H15N3O/c19-15(12-5-4-6-12)17-13-9-10-18(16-11-13)14-7-2-1-3-8-14/h1-3,7-12H,4-6H2/b17-13+. The second kappa shape index (κ2) is 5.18. The summed E-state index contributed by atoms with van der Waals surface area (Å²) in [6.45, 7) is 0. The second-order valence-electron chi connectivity index (χ2n) is 4.74. The van der Waals surface area contributed by atoms with E-state index in [1.54, 1.807) is 10.9 Å². The normalized spacial score (nSPS) is 16.1. The molecule has 1 aromatic carbocycles. The number of hydrogen-bond acceptors (Lipinski definition) is 2. The molecule has 2 aromatic rings. The quantitative estimate of drug-likeness (QED) is 0.822. The Hall–Kier alpha value is -2.23. The van der Waals surface area contributed by atoms with Crippen molar-refractivity contribution >= 4 is 5.91 Å². The van der Waals surface area contributed by atoms with Gasteiger partial charge in [-0.3, -0.25) is 4.79 Å². The molecule has 19 heavy (non-hydrogen) atoms. The molecule has 96 valence electrons. The number of nitrogens with zero attached hydrogens (tertiary/aromatic N) is 3. The molecule has 0 atom stereocenters. The van der Waals surface area contributed by atoms with Crippen LogP contribution in [0.25, 0.3) is 5.69 Å². The molecule has 0 unspecified atom stereocenters. The summed E-state index contributed by atoms with van der Waals surface area (Å²) in [6.07, 6.45) is 6.55. The van der Waals surface area contributed by atoms with Crippen LogP contribution in [0.2, 0.25) is 0 Å². The molecule has 1 aliphatic carbocycles. The number of amides is 1. The van der Waals surface area contributed by atoms with Gasteiger partial charge in [0.25, 0.3) is 0 Å². The first-order chi connectivity index (χ1) is 9.33. The molecule has 4 heteroatoms. The van der Waals surface area contributed by atoms with Crippen LogP contribution in [0.5, 0.6) is 0 Å². The van der Waals surface area contributed by atoms with Crippen LogP contribution in [0.3, 0.4) is 0 Å². The van der Waals surface area contributed by atoms with E-state index in [4.69, 9.17) is 0 Å². The Morgan fingerprint density at radius 3 is 2.58 bits per heavy atom. The predicted octanol–water partition coefficient (Wildman–Crippen LogP) is 2.10. The highest BCUT2D eigenvalue weighted by Gasteiger charge is 2.24. The van der Waals surface area contributed by atoms with Gasteiger partial charge < -0.3 is 0 Å². The first-order valence-electron chi connectivity index (χ1n) is 6.52.